The van der Waals surface area contributed by atoms with Gasteiger partial charge in [-0.25, -0.2) is 15.0 Å². The zero-order valence-corrected chi connectivity index (χ0v) is 11.8. The summed E-state index contributed by atoms with van der Waals surface area (Å²) in [5, 5.41) is 2.78. The summed E-state index contributed by atoms with van der Waals surface area (Å²) in [6, 6.07) is 5.30. The Balaban J connectivity index is 1.79. The molecule has 0 saturated heterocycles. The summed E-state index contributed by atoms with van der Waals surface area (Å²) in [6.07, 6.45) is 9.85. The van der Waals surface area contributed by atoms with E-state index in [1.165, 1.54) is 0 Å². The van der Waals surface area contributed by atoms with Gasteiger partial charge in [0.2, 0.25) is 5.95 Å². The largest absolute Gasteiger partial charge is 0.358 e. The number of rotatable bonds is 3. The summed E-state index contributed by atoms with van der Waals surface area (Å²) in [5.41, 5.74) is 2.09. The van der Waals surface area contributed by atoms with E-state index in [-0.39, 0.29) is 11.6 Å². The number of aromatic amines is 1. The molecule has 23 heavy (non-hydrogen) atoms. The third kappa shape index (κ3) is 2.42. The average molecular weight is 305 g/mol. The fraction of sp³-hybridized carbons (Fsp3) is 0. The number of fused-ring (bicyclic) bond motifs is 1. The van der Waals surface area contributed by atoms with Crippen molar-refractivity contribution in [2.75, 3.05) is 5.32 Å². The van der Waals surface area contributed by atoms with E-state index in [1.54, 1.807) is 60.1 Å². The number of amides is 1. The quantitative estimate of drug-likeness (QED) is 0.601. The Kier molecular flexibility index (Phi) is 3.05. The number of nitrogens with zero attached hydrogens (tertiary/aromatic N) is 5. The molecule has 1 amide bonds. The minimum absolute atomic E-state index is 0.257. The van der Waals surface area contributed by atoms with E-state index in [2.05, 4.69) is 30.2 Å². The number of H-pyrrole nitrogens is 1. The van der Waals surface area contributed by atoms with Crippen molar-refractivity contribution in [2.24, 2.45) is 0 Å². The molecular weight excluding hydrogens is 294 g/mol. The van der Waals surface area contributed by atoms with Crippen molar-refractivity contribution in [2.45, 2.75) is 0 Å². The number of carbonyl (C=O) groups excluding carboxylic acids is 1. The van der Waals surface area contributed by atoms with Crippen LogP contribution in [0.4, 0.5) is 5.69 Å². The Morgan fingerprint density at radius 3 is 2.91 bits per heavy atom. The van der Waals surface area contributed by atoms with Crippen LogP contribution in [0.25, 0.3) is 17.0 Å². The third-order valence-corrected chi connectivity index (χ3v) is 3.26. The van der Waals surface area contributed by atoms with E-state index in [4.69, 9.17) is 0 Å². The molecule has 4 heterocycles. The lowest BCUT2D eigenvalue weighted by atomic mass is 10.3. The first-order valence-corrected chi connectivity index (χ1v) is 6.86. The van der Waals surface area contributed by atoms with Gasteiger partial charge in [0.15, 0.2) is 5.69 Å². The first kappa shape index (κ1) is 13.1. The van der Waals surface area contributed by atoms with E-state index in [0.717, 1.165) is 0 Å². The molecule has 0 fully saturated rings. The molecule has 8 heteroatoms. The van der Waals surface area contributed by atoms with Crippen molar-refractivity contribution < 1.29 is 4.79 Å². The van der Waals surface area contributed by atoms with E-state index >= 15 is 0 Å². The lowest BCUT2D eigenvalue weighted by molar-refractivity contribution is 0.102. The zero-order valence-electron chi connectivity index (χ0n) is 11.8. The minimum Gasteiger partial charge on any atom is -0.358 e. The second kappa shape index (κ2) is 5.34. The van der Waals surface area contributed by atoms with E-state index in [1.807, 2.05) is 0 Å². The molecule has 112 valence electrons. The Morgan fingerprint density at radius 1 is 1.17 bits per heavy atom. The minimum atomic E-state index is -0.339. The van der Waals surface area contributed by atoms with Crippen LogP contribution in [-0.4, -0.2) is 35.4 Å². The zero-order chi connectivity index (χ0) is 15.6. The Hall–Kier alpha value is -3.55. The third-order valence-electron chi connectivity index (χ3n) is 3.26. The number of aromatic nitrogens is 6. The summed E-state index contributed by atoms with van der Waals surface area (Å²) in [4.78, 5) is 32.3. The molecule has 2 N–H and O–H groups in total. The maximum atomic E-state index is 12.6. The van der Waals surface area contributed by atoms with Crippen LogP contribution in [0.2, 0.25) is 0 Å². The predicted octanol–water partition coefficient (Wildman–Crippen LogP) is 1.79. The topological polar surface area (TPSA) is 101 Å². The number of anilines is 1. The molecule has 4 aromatic rings. The van der Waals surface area contributed by atoms with Gasteiger partial charge in [0.05, 0.1) is 22.9 Å². The second-order valence-electron chi connectivity index (χ2n) is 4.78. The molecule has 0 aliphatic rings. The SMILES string of the molecule is O=C(Nc1cccnc1)c1nc(-n2ccnc2)nc2cc[nH]c12. The summed E-state index contributed by atoms with van der Waals surface area (Å²) in [5.74, 6) is 0.0418. The number of carbonyl (C=O) groups is 1. The van der Waals surface area contributed by atoms with E-state index < -0.39 is 0 Å². The summed E-state index contributed by atoms with van der Waals surface area (Å²) < 4.78 is 1.65. The van der Waals surface area contributed by atoms with Gasteiger partial charge in [0.25, 0.3) is 5.91 Å². The van der Waals surface area contributed by atoms with Crippen LogP contribution < -0.4 is 5.32 Å². The molecule has 0 aromatic carbocycles. The molecule has 0 spiro atoms. The molecule has 0 unspecified atom stereocenters. The molecule has 0 atom stereocenters. The molecular formula is C15H11N7O. The highest BCUT2D eigenvalue weighted by Crippen LogP contribution is 2.17. The van der Waals surface area contributed by atoms with Crippen molar-refractivity contribution in [3.8, 4) is 5.95 Å². The highest BCUT2D eigenvalue weighted by atomic mass is 16.1. The highest BCUT2D eigenvalue weighted by Gasteiger charge is 2.17. The molecule has 0 radical (unpaired) electrons. The summed E-state index contributed by atoms with van der Waals surface area (Å²) in [7, 11) is 0. The van der Waals surface area contributed by atoms with Crippen molar-refractivity contribution in [3.05, 3.63) is 61.2 Å². The maximum absolute atomic E-state index is 12.6. The van der Waals surface area contributed by atoms with Crippen LogP contribution in [0.5, 0.6) is 0 Å². The standard InChI is InChI=1S/C15H11N7O/c23-14(19-10-2-1-4-16-8-10)13-12-11(3-5-18-12)20-15(21-13)22-7-6-17-9-22/h1-9,18H,(H,19,23). The number of nitrogens with one attached hydrogen (secondary N) is 2. The van der Waals surface area contributed by atoms with E-state index in [9.17, 15) is 4.79 Å². The van der Waals surface area contributed by atoms with Crippen molar-refractivity contribution in [3.63, 3.8) is 0 Å². The van der Waals surface area contributed by atoms with Gasteiger partial charge in [-0.05, 0) is 18.2 Å². The smallest absolute Gasteiger partial charge is 0.276 e. The number of imidazole rings is 1. The lowest BCUT2D eigenvalue weighted by Crippen LogP contribution is -2.16. The van der Waals surface area contributed by atoms with Gasteiger partial charge in [-0.1, -0.05) is 0 Å². The summed E-state index contributed by atoms with van der Waals surface area (Å²) in [6.45, 7) is 0. The van der Waals surface area contributed by atoms with Crippen molar-refractivity contribution in [1.82, 2.24) is 29.5 Å². The summed E-state index contributed by atoms with van der Waals surface area (Å²) >= 11 is 0. The van der Waals surface area contributed by atoms with Crippen LogP contribution in [0.15, 0.2) is 55.5 Å². The van der Waals surface area contributed by atoms with Gasteiger partial charge in [0, 0.05) is 24.8 Å². The van der Waals surface area contributed by atoms with Crippen LogP contribution >= 0.6 is 0 Å². The first-order valence-electron chi connectivity index (χ1n) is 6.86. The Morgan fingerprint density at radius 2 is 2.13 bits per heavy atom. The van der Waals surface area contributed by atoms with E-state index in [0.29, 0.717) is 22.7 Å². The lowest BCUT2D eigenvalue weighted by Gasteiger charge is -2.07. The Bertz CT molecular complexity index is 960. The van der Waals surface area contributed by atoms with Gasteiger partial charge in [0.1, 0.15) is 6.33 Å². The molecule has 0 aliphatic carbocycles. The molecule has 4 aromatic heterocycles. The van der Waals surface area contributed by atoms with Crippen molar-refractivity contribution in [1.29, 1.82) is 0 Å². The number of pyridine rings is 1. The van der Waals surface area contributed by atoms with Crippen LogP contribution in [0, 0.1) is 0 Å². The van der Waals surface area contributed by atoms with Crippen molar-refractivity contribution >= 4 is 22.6 Å². The molecule has 0 saturated carbocycles. The number of hydrogen-bond donors (Lipinski definition) is 2. The predicted molar refractivity (Wildman–Crippen MR) is 83.2 cm³/mol. The van der Waals surface area contributed by atoms with Gasteiger partial charge < -0.3 is 10.3 Å². The fourth-order valence-electron chi connectivity index (χ4n) is 2.22. The Labute approximate surface area is 130 Å². The molecule has 4 rings (SSSR count). The van der Waals surface area contributed by atoms with Gasteiger partial charge in [-0.15, -0.1) is 0 Å². The van der Waals surface area contributed by atoms with Gasteiger partial charge in [-0.3, -0.25) is 14.3 Å². The molecule has 8 nitrogen and oxygen atoms in total. The fourth-order valence-corrected chi connectivity index (χ4v) is 2.22. The first-order chi connectivity index (χ1) is 11.3. The van der Waals surface area contributed by atoms with Crippen LogP contribution in [0.3, 0.4) is 0 Å². The van der Waals surface area contributed by atoms with Crippen LogP contribution in [0.1, 0.15) is 10.5 Å². The highest BCUT2D eigenvalue weighted by molar-refractivity contribution is 6.09. The average Bonchev–Trinajstić information content (AvgIpc) is 3.26. The number of hydrogen-bond acceptors (Lipinski definition) is 5. The maximum Gasteiger partial charge on any atom is 0.276 e. The van der Waals surface area contributed by atoms with Gasteiger partial charge >= 0.3 is 0 Å². The molecule has 0 aliphatic heterocycles. The molecule has 0 bridgehead atoms. The monoisotopic (exact) mass is 305 g/mol. The van der Waals surface area contributed by atoms with Gasteiger partial charge in [-0.2, -0.15) is 0 Å². The second-order valence-corrected chi connectivity index (χ2v) is 4.78. The van der Waals surface area contributed by atoms with Crippen LogP contribution in [-0.2, 0) is 0 Å². The normalized spacial score (nSPS) is 10.8.